The Kier molecular flexibility index (Phi) is 9.95. The first-order chi connectivity index (χ1) is 16.9. The third-order valence-corrected chi connectivity index (χ3v) is 4.85. The van der Waals surface area contributed by atoms with Gasteiger partial charge >= 0.3 is 12.1 Å². The monoisotopic (exact) mass is 502 g/mol. The molecule has 0 aliphatic rings. The first-order valence-corrected chi connectivity index (χ1v) is 11.4. The van der Waals surface area contributed by atoms with Gasteiger partial charge in [0, 0.05) is 6.07 Å². The van der Waals surface area contributed by atoms with E-state index >= 15 is 0 Å². The van der Waals surface area contributed by atoms with Crippen molar-refractivity contribution in [3.05, 3.63) is 53.6 Å². The molecule has 0 heterocycles. The lowest BCUT2D eigenvalue weighted by molar-refractivity contribution is -0.138. The quantitative estimate of drug-likeness (QED) is 0.478. The molecule has 0 aliphatic heterocycles. The Morgan fingerprint density at radius 1 is 0.917 bits per heavy atom. The number of carboxylic acid groups (broad SMARTS) is 1. The maximum atomic E-state index is 13.1. The standard InChI is InChI=1S/C26H34N2O8/c1-7-35-19-10-8-17(9-11-19)24(18-12-20(33-5)14-21(13-18)34-6)27-22(29)15-28(16-23(30)31)25(32)36-26(2,3)4/h8-14,24H,7,15-16H2,1-6H3,(H,27,29)(H,30,31). The second-order valence-corrected chi connectivity index (χ2v) is 8.88. The summed E-state index contributed by atoms with van der Waals surface area (Å²) in [7, 11) is 3.04. The Morgan fingerprint density at radius 2 is 1.50 bits per heavy atom. The van der Waals surface area contributed by atoms with Gasteiger partial charge in [0.05, 0.1) is 26.9 Å². The number of amides is 2. The van der Waals surface area contributed by atoms with Crippen LogP contribution in [0.2, 0.25) is 0 Å². The molecule has 10 heteroatoms. The molecule has 2 amide bonds. The molecular formula is C26H34N2O8. The summed E-state index contributed by atoms with van der Waals surface area (Å²) in [5.74, 6) is -0.129. The maximum Gasteiger partial charge on any atom is 0.411 e. The summed E-state index contributed by atoms with van der Waals surface area (Å²) in [6.45, 7) is 6.15. The van der Waals surface area contributed by atoms with E-state index in [0.29, 0.717) is 29.4 Å². The van der Waals surface area contributed by atoms with Crippen molar-refractivity contribution in [3.8, 4) is 17.2 Å². The molecule has 1 atom stereocenters. The number of carboxylic acids is 1. The SMILES string of the molecule is CCOc1ccc(C(NC(=O)CN(CC(=O)O)C(=O)OC(C)(C)C)c2cc(OC)cc(OC)c2)cc1. The number of carbonyl (C=O) groups is 3. The molecule has 0 saturated carbocycles. The number of nitrogens with zero attached hydrogens (tertiary/aromatic N) is 1. The fourth-order valence-corrected chi connectivity index (χ4v) is 3.33. The first-order valence-electron chi connectivity index (χ1n) is 11.4. The van der Waals surface area contributed by atoms with Gasteiger partial charge in [0.25, 0.3) is 0 Å². The molecule has 2 aromatic carbocycles. The van der Waals surface area contributed by atoms with Crippen molar-refractivity contribution in [2.45, 2.75) is 39.3 Å². The van der Waals surface area contributed by atoms with Crippen LogP contribution in [0.1, 0.15) is 44.9 Å². The normalized spacial score (nSPS) is 11.7. The molecule has 10 nitrogen and oxygen atoms in total. The minimum atomic E-state index is -1.27. The minimum absolute atomic E-state index is 0.511. The predicted octanol–water partition coefficient (Wildman–Crippen LogP) is 3.63. The Hall–Kier alpha value is -3.95. The highest BCUT2D eigenvalue weighted by Gasteiger charge is 2.27. The van der Waals surface area contributed by atoms with Crippen LogP contribution >= 0.6 is 0 Å². The highest BCUT2D eigenvalue weighted by atomic mass is 16.6. The van der Waals surface area contributed by atoms with E-state index in [9.17, 15) is 19.5 Å². The van der Waals surface area contributed by atoms with Gasteiger partial charge in [0.15, 0.2) is 0 Å². The van der Waals surface area contributed by atoms with E-state index in [4.69, 9.17) is 18.9 Å². The Labute approximate surface area is 211 Å². The van der Waals surface area contributed by atoms with E-state index < -0.39 is 42.7 Å². The lowest BCUT2D eigenvalue weighted by Crippen LogP contribution is -2.46. The van der Waals surface area contributed by atoms with Crippen LogP contribution in [-0.2, 0) is 14.3 Å². The van der Waals surface area contributed by atoms with Gasteiger partial charge in [0.2, 0.25) is 5.91 Å². The van der Waals surface area contributed by atoms with Crippen molar-refractivity contribution < 1.29 is 38.4 Å². The summed E-state index contributed by atoms with van der Waals surface area (Å²) in [5.41, 5.74) is 0.529. The third-order valence-electron chi connectivity index (χ3n) is 4.85. The number of hydrogen-bond donors (Lipinski definition) is 2. The zero-order valence-electron chi connectivity index (χ0n) is 21.5. The topological polar surface area (TPSA) is 124 Å². The maximum absolute atomic E-state index is 13.1. The van der Waals surface area contributed by atoms with Crippen molar-refractivity contribution in [1.82, 2.24) is 10.2 Å². The van der Waals surface area contributed by atoms with E-state index in [1.165, 1.54) is 14.2 Å². The zero-order chi connectivity index (χ0) is 26.9. The summed E-state index contributed by atoms with van der Waals surface area (Å²) in [6.07, 6.45) is -0.902. The number of nitrogens with one attached hydrogen (secondary N) is 1. The molecule has 0 fully saturated rings. The summed E-state index contributed by atoms with van der Waals surface area (Å²) in [5, 5.41) is 12.1. The van der Waals surface area contributed by atoms with Gasteiger partial charge in [-0.15, -0.1) is 0 Å². The fourth-order valence-electron chi connectivity index (χ4n) is 3.33. The van der Waals surface area contributed by atoms with Crippen molar-refractivity contribution in [2.24, 2.45) is 0 Å². The van der Waals surface area contributed by atoms with Gasteiger partial charge in [-0.25, -0.2) is 4.79 Å². The number of methoxy groups -OCH3 is 2. The molecule has 0 bridgehead atoms. The van der Waals surface area contributed by atoms with Gasteiger partial charge in [-0.1, -0.05) is 12.1 Å². The average molecular weight is 503 g/mol. The lowest BCUT2D eigenvalue weighted by Gasteiger charge is -2.27. The van der Waals surface area contributed by atoms with Gasteiger partial charge < -0.3 is 29.4 Å². The van der Waals surface area contributed by atoms with Gasteiger partial charge in [-0.2, -0.15) is 0 Å². The van der Waals surface area contributed by atoms with Crippen molar-refractivity contribution in [2.75, 3.05) is 33.9 Å². The lowest BCUT2D eigenvalue weighted by atomic mass is 9.97. The van der Waals surface area contributed by atoms with E-state index in [1.54, 1.807) is 51.1 Å². The fraction of sp³-hybridized carbons (Fsp3) is 0.423. The van der Waals surface area contributed by atoms with Crippen molar-refractivity contribution in [3.63, 3.8) is 0 Å². The number of benzene rings is 2. The van der Waals surface area contributed by atoms with Crippen LogP contribution in [-0.4, -0.2) is 67.5 Å². The Bertz CT molecular complexity index is 1020. The molecule has 0 saturated heterocycles. The van der Waals surface area contributed by atoms with Crippen LogP contribution in [0.5, 0.6) is 17.2 Å². The van der Waals surface area contributed by atoms with Crippen LogP contribution in [0.15, 0.2) is 42.5 Å². The van der Waals surface area contributed by atoms with E-state index in [1.807, 2.05) is 19.1 Å². The minimum Gasteiger partial charge on any atom is -0.497 e. The van der Waals surface area contributed by atoms with Crippen LogP contribution in [0.4, 0.5) is 4.79 Å². The van der Waals surface area contributed by atoms with E-state index in [2.05, 4.69) is 5.32 Å². The summed E-state index contributed by atoms with van der Waals surface area (Å²) in [6, 6.07) is 11.7. The smallest absolute Gasteiger partial charge is 0.411 e. The second-order valence-electron chi connectivity index (χ2n) is 8.88. The molecule has 0 aliphatic carbocycles. The molecule has 0 radical (unpaired) electrons. The van der Waals surface area contributed by atoms with Gasteiger partial charge in [0.1, 0.15) is 35.9 Å². The second kappa shape index (κ2) is 12.7. The first kappa shape index (κ1) is 28.3. The third kappa shape index (κ3) is 8.68. The zero-order valence-corrected chi connectivity index (χ0v) is 21.5. The number of carbonyl (C=O) groups excluding carboxylic acids is 2. The summed E-state index contributed by atoms with van der Waals surface area (Å²) < 4.78 is 21.5. The molecule has 196 valence electrons. The largest absolute Gasteiger partial charge is 0.497 e. The average Bonchev–Trinajstić information content (AvgIpc) is 2.81. The van der Waals surface area contributed by atoms with Crippen molar-refractivity contribution in [1.29, 1.82) is 0 Å². The predicted molar refractivity (Wildman–Crippen MR) is 133 cm³/mol. The van der Waals surface area contributed by atoms with Crippen LogP contribution in [0, 0.1) is 0 Å². The summed E-state index contributed by atoms with van der Waals surface area (Å²) in [4.78, 5) is 37.8. The Balaban J connectivity index is 2.39. The Morgan fingerprint density at radius 3 is 1.97 bits per heavy atom. The number of rotatable bonds is 11. The van der Waals surface area contributed by atoms with E-state index in [-0.39, 0.29) is 0 Å². The molecule has 1 unspecified atom stereocenters. The molecule has 36 heavy (non-hydrogen) atoms. The van der Waals surface area contributed by atoms with Crippen LogP contribution < -0.4 is 19.5 Å². The molecule has 2 rings (SSSR count). The molecular weight excluding hydrogens is 468 g/mol. The number of aliphatic carboxylic acids is 1. The van der Waals surface area contributed by atoms with E-state index in [0.717, 1.165) is 10.5 Å². The number of ether oxygens (including phenoxy) is 4. The highest BCUT2D eigenvalue weighted by Crippen LogP contribution is 2.31. The molecule has 0 aromatic heterocycles. The summed E-state index contributed by atoms with van der Waals surface area (Å²) >= 11 is 0. The number of hydrogen-bond acceptors (Lipinski definition) is 7. The van der Waals surface area contributed by atoms with Gasteiger partial charge in [-0.05, 0) is 63.1 Å². The molecule has 2 N–H and O–H groups in total. The molecule has 0 spiro atoms. The van der Waals surface area contributed by atoms with Crippen LogP contribution in [0.25, 0.3) is 0 Å². The highest BCUT2D eigenvalue weighted by molar-refractivity contribution is 5.85. The van der Waals surface area contributed by atoms with Gasteiger partial charge in [-0.3, -0.25) is 14.5 Å². The van der Waals surface area contributed by atoms with Crippen molar-refractivity contribution >= 4 is 18.0 Å². The van der Waals surface area contributed by atoms with Crippen LogP contribution in [0.3, 0.4) is 0 Å². The molecule has 2 aromatic rings.